The fourth-order valence-electron chi connectivity index (χ4n) is 2.76. The first-order valence-electron chi connectivity index (χ1n) is 6.71. The predicted molar refractivity (Wildman–Crippen MR) is 83.6 cm³/mol. The van der Waals surface area contributed by atoms with Crippen LogP contribution in [0, 0.1) is 24.2 Å². The van der Waals surface area contributed by atoms with Gasteiger partial charge in [-0.05, 0) is 56.0 Å². The minimum Gasteiger partial charge on any atom is -0.330 e. The van der Waals surface area contributed by atoms with Gasteiger partial charge in [-0.1, -0.05) is 6.42 Å². The molecule has 21 heavy (non-hydrogen) atoms. The Morgan fingerprint density at radius 3 is 2.71 bits per heavy atom. The molecule has 116 valence electrons. The molecule has 1 aromatic rings. The number of sulfonamides is 1. The summed E-state index contributed by atoms with van der Waals surface area (Å²) >= 11 is 0. The van der Waals surface area contributed by atoms with Crippen molar-refractivity contribution >= 4 is 22.4 Å². The highest BCUT2D eigenvalue weighted by Crippen LogP contribution is 2.27. The molecule has 0 aliphatic heterocycles. The fourth-order valence-corrected chi connectivity index (χ4v) is 4.32. The van der Waals surface area contributed by atoms with E-state index in [0.29, 0.717) is 17.7 Å². The highest BCUT2D eigenvalue weighted by molar-refractivity contribution is 7.89. The molecule has 2 atom stereocenters. The molecule has 0 radical (unpaired) electrons. The lowest BCUT2D eigenvalue weighted by molar-refractivity contribution is 0.452. The molecular formula is C14H20ClN3O2S. The van der Waals surface area contributed by atoms with Crippen LogP contribution in [0.15, 0.2) is 23.1 Å². The van der Waals surface area contributed by atoms with Crippen molar-refractivity contribution in [2.75, 3.05) is 6.54 Å². The number of benzene rings is 1. The summed E-state index contributed by atoms with van der Waals surface area (Å²) in [5, 5.41) is 8.82. The standard InChI is InChI=1S/C14H19N3O2S.ClH/c1-10-7-11(8-15)5-6-14(10)20(18,19)17-13-4-2-3-12(13)9-16;/h5-7,12-13,17H,2-4,9,16H2,1H3;1H. The summed E-state index contributed by atoms with van der Waals surface area (Å²) in [6, 6.07) is 6.52. The van der Waals surface area contributed by atoms with Gasteiger partial charge in [-0.2, -0.15) is 5.26 Å². The van der Waals surface area contributed by atoms with Crippen LogP contribution in [0.5, 0.6) is 0 Å². The van der Waals surface area contributed by atoms with Gasteiger partial charge in [-0.3, -0.25) is 0 Å². The van der Waals surface area contributed by atoms with E-state index in [9.17, 15) is 8.42 Å². The van der Waals surface area contributed by atoms with Crippen LogP contribution in [0.3, 0.4) is 0 Å². The highest BCUT2D eigenvalue weighted by Gasteiger charge is 2.30. The summed E-state index contributed by atoms with van der Waals surface area (Å²) in [5.74, 6) is 0.212. The summed E-state index contributed by atoms with van der Waals surface area (Å²) in [6.45, 7) is 2.20. The zero-order chi connectivity index (χ0) is 14.8. The molecule has 3 N–H and O–H groups in total. The van der Waals surface area contributed by atoms with E-state index in [1.54, 1.807) is 13.0 Å². The molecule has 5 nitrogen and oxygen atoms in total. The number of rotatable bonds is 4. The molecule has 1 aromatic carbocycles. The summed E-state index contributed by atoms with van der Waals surface area (Å²) in [5.41, 5.74) is 6.72. The van der Waals surface area contributed by atoms with Gasteiger partial charge in [0.25, 0.3) is 0 Å². The molecule has 1 aliphatic rings. The summed E-state index contributed by atoms with van der Waals surface area (Å²) in [7, 11) is -3.56. The van der Waals surface area contributed by atoms with Crippen molar-refractivity contribution in [2.45, 2.75) is 37.1 Å². The Kier molecular flexibility index (Phi) is 6.17. The zero-order valence-electron chi connectivity index (χ0n) is 11.9. The first-order valence-corrected chi connectivity index (χ1v) is 8.19. The van der Waals surface area contributed by atoms with Crippen molar-refractivity contribution in [3.05, 3.63) is 29.3 Å². The van der Waals surface area contributed by atoms with E-state index in [4.69, 9.17) is 11.0 Å². The molecule has 0 aromatic heterocycles. The Hall–Kier alpha value is -1.13. The van der Waals surface area contributed by atoms with Crippen molar-refractivity contribution in [2.24, 2.45) is 11.7 Å². The Bertz CT molecular complexity index is 640. The molecule has 1 aliphatic carbocycles. The van der Waals surface area contributed by atoms with Crippen LogP contribution in [0.1, 0.15) is 30.4 Å². The molecule has 2 rings (SSSR count). The van der Waals surface area contributed by atoms with E-state index in [0.717, 1.165) is 19.3 Å². The number of nitrogens with one attached hydrogen (secondary N) is 1. The number of nitriles is 1. The SMILES string of the molecule is Cc1cc(C#N)ccc1S(=O)(=O)NC1CCCC1CN.Cl. The van der Waals surface area contributed by atoms with Gasteiger partial charge in [0.05, 0.1) is 16.5 Å². The van der Waals surface area contributed by atoms with Crippen molar-refractivity contribution in [1.82, 2.24) is 4.72 Å². The van der Waals surface area contributed by atoms with Crippen LogP contribution >= 0.6 is 12.4 Å². The molecule has 1 saturated carbocycles. The quantitative estimate of drug-likeness (QED) is 0.878. The highest BCUT2D eigenvalue weighted by atomic mass is 35.5. The van der Waals surface area contributed by atoms with Gasteiger partial charge in [0.15, 0.2) is 0 Å². The van der Waals surface area contributed by atoms with Gasteiger partial charge in [0, 0.05) is 6.04 Å². The average molecular weight is 330 g/mol. The Labute approximate surface area is 132 Å². The third kappa shape index (κ3) is 3.95. The molecule has 1 fully saturated rings. The average Bonchev–Trinajstić information content (AvgIpc) is 2.84. The van der Waals surface area contributed by atoms with E-state index in [2.05, 4.69) is 4.72 Å². The van der Waals surface area contributed by atoms with Crippen LogP contribution in [0.25, 0.3) is 0 Å². The smallest absolute Gasteiger partial charge is 0.241 e. The largest absolute Gasteiger partial charge is 0.330 e. The number of hydrogen-bond acceptors (Lipinski definition) is 4. The fraction of sp³-hybridized carbons (Fsp3) is 0.500. The minimum absolute atomic E-state index is 0. The molecule has 0 bridgehead atoms. The molecule has 7 heteroatoms. The summed E-state index contributed by atoms with van der Waals surface area (Å²) < 4.78 is 27.6. The van der Waals surface area contributed by atoms with E-state index in [1.807, 2.05) is 6.07 Å². The second-order valence-corrected chi connectivity index (χ2v) is 6.93. The second kappa shape index (κ2) is 7.23. The maximum atomic E-state index is 12.4. The number of hydrogen-bond donors (Lipinski definition) is 2. The number of aryl methyl sites for hydroxylation is 1. The van der Waals surface area contributed by atoms with Crippen LogP contribution in [0.2, 0.25) is 0 Å². The van der Waals surface area contributed by atoms with Crippen molar-refractivity contribution in [1.29, 1.82) is 5.26 Å². The molecular weight excluding hydrogens is 310 g/mol. The monoisotopic (exact) mass is 329 g/mol. The van der Waals surface area contributed by atoms with Gasteiger partial charge in [-0.15, -0.1) is 12.4 Å². The topological polar surface area (TPSA) is 96.0 Å². The van der Waals surface area contributed by atoms with Gasteiger partial charge in [0.1, 0.15) is 0 Å². The van der Waals surface area contributed by atoms with E-state index in [1.165, 1.54) is 12.1 Å². The Morgan fingerprint density at radius 2 is 2.14 bits per heavy atom. The van der Waals surface area contributed by atoms with Crippen LogP contribution in [0.4, 0.5) is 0 Å². The minimum atomic E-state index is -3.56. The van der Waals surface area contributed by atoms with E-state index in [-0.39, 0.29) is 29.3 Å². The first kappa shape index (κ1) is 17.9. The predicted octanol–water partition coefficient (Wildman–Crippen LogP) is 1.69. The van der Waals surface area contributed by atoms with E-state index >= 15 is 0 Å². The van der Waals surface area contributed by atoms with Gasteiger partial charge in [-0.25, -0.2) is 13.1 Å². The maximum Gasteiger partial charge on any atom is 0.241 e. The molecule has 2 unspecified atom stereocenters. The lowest BCUT2D eigenvalue weighted by Gasteiger charge is -2.20. The maximum absolute atomic E-state index is 12.4. The second-order valence-electron chi connectivity index (χ2n) is 5.25. The molecule has 0 spiro atoms. The van der Waals surface area contributed by atoms with Gasteiger partial charge in [0.2, 0.25) is 10.0 Å². The summed E-state index contributed by atoms with van der Waals surface area (Å²) in [6.07, 6.45) is 2.80. The number of nitrogens with two attached hydrogens (primary N) is 1. The Balaban J connectivity index is 0.00000220. The lowest BCUT2D eigenvalue weighted by atomic mass is 10.1. The summed E-state index contributed by atoms with van der Waals surface area (Å²) in [4.78, 5) is 0.235. The van der Waals surface area contributed by atoms with Gasteiger partial charge >= 0.3 is 0 Å². The molecule has 0 heterocycles. The van der Waals surface area contributed by atoms with Crippen LogP contribution < -0.4 is 10.5 Å². The molecule has 0 saturated heterocycles. The number of halogens is 1. The van der Waals surface area contributed by atoms with Crippen molar-refractivity contribution in [3.63, 3.8) is 0 Å². The Morgan fingerprint density at radius 1 is 1.43 bits per heavy atom. The van der Waals surface area contributed by atoms with E-state index < -0.39 is 10.0 Å². The van der Waals surface area contributed by atoms with Crippen LogP contribution in [-0.4, -0.2) is 21.0 Å². The first-order chi connectivity index (χ1) is 9.47. The van der Waals surface area contributed by atoms with Gasteiger partial charge < -0.3 is 5.73 Å². The normalized spacial score (nSPS) is 21.6. The third-order valence-corrected chi connectivity index (χ3v) is 5.51. The number of nitrogens with zero attached hydrogens (tertiary/aromatic N) is 1. The zero-order valence-corrected chi connectivity index (χ0v) is 13.5. The van der Waals surface area contributed by atoms with Crippen LogP contribution in [-0.2, 0) is 10.0 Å². The lowest BCUT2D eigenvalue weighted by Crippen LogP contribution is -2.40. The third-order valence-electron chi connectivity index (χ3n) is 3.86. The van der Waals surface area contributed by atoms with Crippen molar-refractivity contribution in [3.8, 4) is 6.07 Å². The molecule has 0 amide bonds. The van der Waals surface area contributed by atoms with Crippen molar-refractivity contribution < 1.29 is 8.42 Å².